The summed E-state index contributed by atoms with van der Waals surface area (Å²) in [5, 5.41) is 0. The van der Waals surface area contributed by atoms with E-state index < -0.39 is 0 Å². The highest BCUT2D eigenvalue weighted by molar-refractivity contribution is 5.76. The minimum absolute atomic E-state index is 0.378. The number of likely N-dealkylation sites (tertiary alicyclic amines) is 1. The molecular weight excluding hydrogens is 198 g/mol. The van der Waals surface area contributed by atoms with Crippen LogP contribution >= 0.6 is 0 Å². The summed E-state index contributed by atoms with van der Waals surface area (Å²) >= 11 is 0. The third-order valence-corrected chi connectivity index (χ3v) is 4.20. The summed E-state index contributed by atoms with van der Waals surface area (Å²) in [6.07, 6.45) is 4.27. The molecule has 1 rings (SSSR count). The second kappa shape index (κ2) is 6.27. The van der Waals surface area contributed by atoms with Gasteiger partial charge >= 0.3 is 0 Å². The molecule has 2 nitrogen and oxygen atoms in total. The maximum atomic E-state index is 12.1. The van der Waals surface area contributed by atoms with Crippen molar-refractivity contribution in [2.45, 2.75) is 53.4 Å². The maximum Gasteiger partial charge on any atom is 0.222 e. The number of rotatable bonds is 5. The second-order valence-electron chi connectivity index (χ2n) is 5.35. The van der Waals surface area contributed by atoms with Gasteiger partial charge in [-0.25, -0.2) is 0 Å². The monoisotopic (exact) mass is 225 g/mol. The van der Waals surface area contributed by atoms with E-state index in [9.17, 15) is 4.79 Å². The molecule has 0 saturated carbocycles. The van der Waals surface area contributed by atoms with E-state index in [0.29, 0.717) is 11.8 Å². The molecule has 3 atom stereocenters. The first-order valence-electron chi connectivity index (χ1n) is 6.90. The SMILES string of the molecule is CCC(C)CC(=O)N1CC(CC)C(CC)C1. The predicted octanol–water partition coefficient (Wildman–Crippen LogP) is 3.32. The first kappa shape index (κ1) is 13.5. The highest BCUT2D eigenvalue weighted by Crippen LogP contribution is 2.29. The fraction of sp³-hybridized carbons (Fsp3) is 0.929. The van der Waals surface area contributed by atoms with Gasteiger partial charge in [-0.15, -0.1) is 0 Å². The molecule has 0 N–H and O–H groups in total. The molecule has 94 valence electrons. The molecule has 16 heavy (non-hydrogen) atoms. The Balaban J connectivity index is 2.47. The van der Waals surface area contributed by atoms with Crippen LogP contribution in [0.2, 0.25) is 0 Å². The topological polar surface area (TPSA) is 20.3 Å². The Kier molecular flexibility index (Phi) is 5.30. The van der Waals surface area contributed by atoms with Gasteiger partial charge in [-0.2, -0.15) is 0 Å². The molecule has 1 amide bonds. The third-order valence-electron chi connectivity index (χ3n) is 4.20. The van der Waals surface area contributed by atoms with E-state index in [1.165, 1.54) is 12.8 Å². The van der Waals surface area contributed by atoms with Gasteiger partial charge in [-0.3, -0.25) is 4.79 Å². The van der Waals surface area contributed by atoms with Gasteiger partial charge in [0.05, 0.1) is 0 Å². The number of carbonyl (C=O) groups is 1. The van der Waals surface area contributed by atoms with E-state index in [2.05, 4.69) is 32.6 Å². The summed E-state index contributed by atoms with van der Waals surface area (Å²) in [7, 11) is 0. The van der Waals surface area contributed by atoms with E-state index in [1.807, 2.05) is 0 Å². The molecule has 1 fully saturated rings. The molecule has 0 aromatic rings. The summed E-state index contributed by atoms with van der Waals surface area (Å²) in [5.74, 6) is 2.40. The predicted molar refractivity (Wildman–Crippen MR) is 68.2 cm³/mol. The molecule has 0 spiro atoms. The van der Waals surface area contributed by atoms with E-state index in [0.717, 1.165) is 37.8 Å². The van der Waals surface area contributed by atoms with Crippen LogP contribution in [0.4, 0.5) is 0 Å². The fourth-order valence-corrected chi connectivity index (χ4v) is 2.64. The van der Waals surface area contributed by atoms with Crippen LogP contribution in [0.5, 0.6) is 0 Å². The number of nitrogens with zero attached hydrogens (tertiary/aromatic N) is 1. The summed E-state index contributed by atoms with van der Waals surface area (Å²) in [4.78, 5) is 14.2. The van der Waals surface area contributed by atoms with Crippen molar-refractivity contribution in [3.05, 3.63) is 0 Å². The van der Waals surface area contributed by atoms with E-state index in [4.69, 9.17) is 0 Å². The Morgan fingerprint density at radius 3 is 2.06 bits per heavy atom. The van der Waals surface area contributed by atoms with Crippen molar-refractivity contribution in [3.8, 4) is 0 Å². The van der Waals surface area contributed by atoms with E-state index in [1.54, 1.807) is 0 Å². The minimum Gasteiger partial charge on any atom is -0.342 e. The van der Waals surface area contributed by atoms with Crippen molar-refractivity contribution < 1.29 is 4.79 Å². The zero-order valence-electron chi connectivity index (χ0n) is 11.3. The molecule has 0 aromatic carbocycles. The van der Waals surface area contributed by atoms with Crippen molar-refractivity contribution in [2.24, 2.45) is 17.8 Å². The van der Waals surface area contributed by atoms with Crippen LogP contribution < -0.4 is 0 Å². The average molecular weight is 225 g/mol. The van der Waals surface area contributed by atoms with Gasteiger partial charge < -0.3 is 4.90 Å². The lowest BCUT2D eigenvalue weighted by atomic mass is 9.92. The Hall–Kier alpha value is -0.530. The largest absolute Gasteiger partial charge is 0.342 e. The molecular formula is C14H27NO. The van der Waals surface area contributed by atoms with Crippen molar-refractivity contribution in [3.63, 3.8) is 0 Å². The van der Waals surface area contributed by atoms with Crippen LogP contribution in [0.25, 0.3) is 0 Å². The van der Waals surface area contributed by atoms with Gasteiger partial charge in [-0.1, -0.05) is 47.0 Å². The Labute approximate surface area is 100 Å². The van der Waals surface area contributed by atoms with Gasteiger partial charge in [0.15, 0.2) is 0 Å². The average Bonchev–Trinajstić information content (AvgIpc) is 2.71. The van der Waals surface area contributed by atoms with Gasteiger partial charge in [-0.05, 0) is 17.8 Å². The lowest BCUT2D eigenvalue weighted by Crippen LogP contribution is -2.30. The Morgan fingerprint density at radius 1 is 1.19 bits per heavy atom. The summed E-state index contributed by atoms with van der Waals surface area (Å²) < 4.78 is 0. The maximum absolute atomic E-state index is 12.1. The van der Waals surface area contributed by atoms with Crippen molar-refractivity contribution in [2.75, 3.05) is 13.1 Å². The molecule has 0 aromatic heterocycles. The molecule has 0 radical (unpaired) electrons. The minimum atomic E-state index is 0.378. The smallest absolute Gasteiger partial charge is 0.222 e. The molecule has 1 aliphatic rings. The van der Waals surface area contributed by atoms with Crippen molar-refractivity contribution in [1.29, 1.82) is 0 Å². The quantitative estimate of drug-likeness (QED) is 0.703. The van der Waals surface area contributed by atoms with Crippen molar-refractivity contribution in [1.82, 2.24) is 4.90 Å². The number of hydrogen-bond acceptors (Lipinski definition) is 1. The molecule has 0 aliphatic carbocycles. The Morgan fingerprint density at radius 2 is 1.69 bits per heavy atom. The number of amides is 1. The molecule has 0 bridgehead atoms. The number of hydrogen-bond donors (Lipinski definition) is 0. The lowest BCUT2D eigenvalue weighted by molar-refractivity contribution is -0.131. The van der Waals surface area contributed by atoms with Crippen LogP contribution in [0.15, 0.2) is 0 Å². The van der Waals surface area contributed by atoms with Crippen LogP contribution in [0.1, 0.15) is 53.4 Å². The number of carbonyl (C=O) groups excluding carboxylic acids is 1. The van der Waals surface area contributed by atoms with Crippen molar-refractivity contribution >= 4 is 5.91 Å². The molecule has 3 unspecified atom stereocenters. The molecule has 1 heterocycles. The van der Waals surface area contributed by atoms with E-state index >= 15 is 0 Å². The van der Waals surface area contributed by atoms with Gasteiger partial charge in [0.25, 0.3) is 0 Å². The standard InChI is InChI=1S/C14H27NO/c1-5-11(4)8-14(16)15-9-12(6-2)13(7-3)10-15/h11-13H,5-10H2,1-4H3. The molecule has 1 saturated heterocycles. The summed E-state index contributed by atoms with van der Waals surface area (Å²) in [6.45, 7) is 10.8. The lowest BCUT2D eigenvalue weighted by Gasteiger charge is -2.18. The first-order chi connectivity index (χ1) is 7.62. The van der Waals surface area contributed by atoms with E-state index in [-0.39, 0.29) is 0 Å². The van der Waals surface area contributed by atoms with Gasteiger partial charge in [0.2, 0.25) is 5.91 Å². The highest BCUT2D eigenvalue weighted by atomic mass is 16.2. The second-order valence-corrected chi connectivity index (χ2v) is 5.35. The first-order valence-corrected chi connectivity index (χ1v) is 6.90. The summed E-state index contributed by atoms with van der Waals surface area (Å²) in [5.41, 5.74) is 0. The van der Waals surface area contributed by atoms with Crippen LogP contribution in [0, 0.1) is 17.8 Å². The molecule has 2 heteroatoms. The summed E-state index contributed by atoms with van der Waals surface area (Å²) in [6, 6.07) is 0. The van der Waals surface area contributed by atoms with Crippen LogP contribution in [-0.2, 0) is 4.79 Å². The van der Waals surface area contributed by atoms with Gasteiger partial charge in [0.1, 0.15) is 0 Å². The zero-order valence-corrected chi connectivity index (χ0v) is 11.3. The van der Waals surface area contributed by atoms with Crippen LogP contribution in [0.3, 0.4) is 0 Å². The van der Waals surface area contributed by atoms with Crippen LogP contribution in [-0.4, -0.2) is 23.9 Å². The highest BCUT2D eigenvalue weighted by Gasteiger charge is 2.32. The fourth-order valence-electron chi connectivity index (χ4n) is 2.64. The zero-order chi connectivity index (χ0) is 12.1. The normalized spacial score (nSPS) is 27.1. The molecule has 1 aliphatic heterocycles. The Bertz CT molecular complexity index is 215. The third kappa shape index (κ3) is 3.23. The van der Waals surface area contributed by atoms with Gasteiger partial charge in [0, 0.05) is 19.5 Å².